The number of H-pyrrole nitrogens is 1. The van der Waals surface area contributed by atoms with Crippen molar-refractivity contribution in [2.75, 3.05) is 7.11 Å². The molecule has 0 bridgehead atoms. The lowest BCUT2D eigenvalue weighted by molar-refractivity contribution is 0.0599. The molecule has 0 radical (unpaired) electrons. The van der Waals surface area contributed by atoms with Crippen LogP contribution in [0.5, 0.6) is 0 Å². The zero-order valence-corrected chi connectivity index (χ0v) is 14.0. The number of ether oxygens (including phenoxy) is 1. The summed E-state index contributed by atoms with van der Waals surface area (Å²) in [6.07, 6.45) is 4.54. The summed E-state index contributed by atoms with van der Waals surface area (Å²) in [7, 11) is 1.38. The molecule has 4 nitrogen and oxygen atoms in total. The highest BCUT2D eigenvalue weighted by Gasteiger charge is 2.14. The Kier molecular flexibility index (Phi) is 6.11. The third kappa shape index (κ3) is 3.85. The summed E-state index contributed by atoms with van der Waals surface area (Å²) in [6, 6.07) is 0. The summed E-state index contributed by atoms with van der Waals surface area (Å²) < 4.78 is 4.86. The van der Waals surface area contributed by atoms with Crippen LogP contribution >= 0.6 is 0 Å². The zero-order valence-electron chi connectivity index (χ0n) is 14.0. The average Bonchev–Trinajstić information content (AvgIpc) is 2.80. The Morgan fingerprint density at radius 2 is 2.00 bits per heavy atom. The van der Waals surface area contributed by atoms with Gasteiger partial charge in [0.2, 0.25) is 0 Å². The van der Waals surface area contributed by atoms with Crippen LogP contribution < -0.4 is 10.7 Å². The molecule has 1 rings (SSSR count). The predicted molar refractivity (Wildman–Crippen MR) is 92.4 cm³/mol. The van der Waals surface area contributed by atoms with Gasteiger partial charge < -0.3 is 9.72 Å². The van der Waals surface area contributed by atoms with Crippen LogP contribution in [0.3, 0.4) is 0 Å². The number of methoxy groups -OCH3 is 1. The van der Waals surface area contributed by atoms with Gasteiger partial charge >= 0.3 is 5.97 Å². The fourth-order valence-corrected chi connectivity index (χ4v) is 2.10. The number of aromatic nitrogens is 1. The van der Waals surface area contributed by atoms with Gasteiger partial charge in [-0.05, 0) is 44.4 Å². The Balaban J connectivity index is 3.62. The first-order chi connectivity index (χ1) is 10.3. The third-order valence-electron chi connectivity index (χ3n) is 3.38. The molecule has 22 heavy (non-hydrogen) atoms. The van der Waals surface area contributed by atoms with Gasteiger partial charge in [0.05, 0.1) is 18.4 Å². The van der Waals surface area contributed by atoms with Crippen molar-refractivity contribution in [1.29, 1.82) is 0 Å². The van der Waals surface area contributed by atoms with Gasteiger partial charge in [-0.15, -0.1) is 0 Å². The van der Waals surface area contributed by atoms with Crippen LogP contribution in [0.4, 0.5) is 0 Å². The number of carbonyl (C=O) groups excluding carboxylic acids is 1. The van der Waals surface area contributed by atoms with E-state index < -0.39 is 0 Å². The van der Waals surface area contributed by atoms with E-state index in [1.807, 2.05) is 39.8 Å². The largest absolute Gasteiger partial charge is 0.465 e. The van der Waals surface area contributed by atoms with E-state index in [2.05, 4.69) is 23.1 Å². The van der Waals surface area contributed by atoms with Gasteiger partial charge in [0.25, 0.3) is 0 Å². The van der Waals surface area contributed by atoms with Crippen LogP contribution in [0, 0.1) is 6.92 Å². The lowest BCUT2D eigenvalue weighted by Crippen LogP contribution is -2.16. The molecule has 4 heteroatoms. The molecule has 0 fully saturated rings. The molecule has 118 valence electrons. The molecule has 0 aliphatic heterocycles. The summed E-state index contributed by atoms with van der Waals surface area (Å²) in [5.41, 5.74) is 3.77. The second-order valence-corrected chi connectivity index (χ2v) is 5.07. The first-order valence-corrected chi connectivity index (χ1v) is 7.22. The zero-order chi connectivity index (χ0) is 16.9. The molecule has 0 aliphatic rings. The number of aromatic amines is 1. The maximum Gasteiger partial charge on any atom is 0.340 e. The van der Waals surface area contributed by atoms with Crippen molar-refractivity contribution in [1.82, 2.24) is 4.98 Å². The molecule has 0 saturated carbocycles. The summed E-state index contributed by atoms with van der Waals surface area (Å²) in [6.45, 7) is 15.5. The Bertz CT molecular complexity index is 749. The Labute approximate surface area is 131 Å². The van der Waals surface area contributed by atoms with Crippen molar-refractivity contribution in [2.24, 2.45) is 4.99 Å². The van der Waals surface area contributed by atoms with Crippen molar-refractivity contribution in [3.63, 3.8) is 0 Å². The highest BCUT2D eigenvalue weighted by molar-refractivity contribution is 6.20. The normalized spacial score (nSPS) is 13.4. The van der Waals surface area contributed by atoms with Gasteiger partial charge in [-0.1, -0.05) is 26.2 Å². The number of nitrogens with zero attached hydrogens (tertiary/aromatic N) is 1. The second-order valence-electron chi connectivity index (χ2n) is 5.07. The van der Waals surface area contributed by atoms with Crippen molar-refractivity contribution in [3.8, 4) is 0 Å². The third-order valence-corrected chi connectivity index (χ3v) is 3.38. The van der Waals surface area contributed by atoms with E-state index in [1.54, 1.807) is 0 Å². The van der Waals surface area contributed by atoms with E-state index >= 15 is 0 Å². The van der Waals surface area contributed by atoms with Gasteiger partial charge in [-0.25, -0.2) is 4.79 Å². The molecule has 1 N–H and O–H groups in total. The minimum absolute atomic E-state index is 0.353. The molecule has 1 aromatic rings. The maximum absolute atomic E-state index is 11.9. The number of nitrogens with one attached hydrogen (secondary N) is 1. The number of hydrogen-bond acceptors (Lipinski definition) is 3. The van der Waals surface area contributed by atoms with Crippen LogP contribution in [-0.4, -0.2) is 23.8 Å². The standard InChI is InChI=1S/C18H24N2O2/c1-8-12(5)15(19-11(3)4)10-16-13(6)17(18(21)22-7)14(9-2)20-16/h9-10,20H,3,5,8H2,1-2,4,6-7H3/b14-9+,16-10-,19-15?. The molecule has 0 amide bonds. The maximum atomic E-state index is 11.9. The lowest BCUT2D eigenvalue weighted by Gasteiger charge is -2.03. The summed E-state index contributed by atoms with van der Waals surface area (Å²) in [4.78, 5) is 19.6. The molecule has 1 aromatic heterocycles. The van der Waals surface area contributed by atoms with Crippen molar-refractivity contribution in [2.45, 2.75) is 34.1 Å². The molecular formula is C18H24N2O2. The topological polar surface area (TPSA) is 54.5 Å². The van der Waals surface area contributed by atoms with Crippen LogP contribution in [0.25, 0.3) is 12.2 Å². The number of allylic oxidation sites excluding steroid dienone is 2. The minimum Gasteiger partial charge on any atom is -0.465 e. The Morgan fingerprint density at radius 1 is 1.36 bits per heavy atom. The van der Waals surface area contributed by atoms with Gasteiger partial charge in [-0.3, -0.25) is 4.99 Å². The summed E-state index contributed by atoms with van der Waals surface area (Å²) >= 11 is 0. The molecule has 0 spiro atoms. The van der Waals surface area contributed by atoms with Crippen LogP contribution in [0.15, 0.2) is 29.4 Å². The molecule has 0 aliphatic carbocycles. The van der Waals surface area contributed by atoms with E-state index in [0.717, 1.165) is 34.0 Å². The number of esters is 1. The van der Waals surface area contributed by atoms with E-state index in [4.69, 9.17) is 4.74 Å². The molecular weight excluding hydrogens is 276 g/mol. The summed E-state index contributed by atoms with van der Waals surface area (Å²) in [5.74, 6) is -0.353. The molecule has 0 saturated heterocycles. The van der Waals surface area contributed by atoms with Crippen LogP contribution in [0.1, 0.15) is 43.1 Å². The number of carbonyl (C=O) groups is 1. The fraction of sp³-hybridized carbons (Fsp3) is 0.333. The van der Waals surface area contributed by atoms with Gasteiger partial charge in [0.15, 0.2) is 0 Å². The quantitative estimate of drug-likeness (QED) is 0.671. The number of aliphatic imine (C=N–C) groups is 1. The molecule has 0 unspecified atom stereocenters. The van der Waals surface area contributed by atoms with Crippen LogP contribution in [-0.2, 0) is 4.74 Å². The predicted octanol–water partition coefficient (Wildman–Crippen LogP) is 2.63. The first-order valence-electron chi connectivity index (χ1n) is 7.22. The highest BCUT2D eigenvalue weighted by atomic mass is 16.5. The fourth-order valence-electron chi connectivity index (χ4n) is 2.10. The minimum atomic E-state index is -0.353. The Hall–Kier alpha value is -2.36. The van der Waals surface area contributed by atoms with E-state index in [-0.39, 0.29) is 5.97 Å². The monoisotopic (exact) mass is 300 g/mol. The van der Waals surface area contributed by atoms with Gasteiger partial charge in [0, 0.05) is 16.4 Å². The highest BCUT2D eigenvalue weighted by Crippen LogP contribution is 2.06. The summed E-state index contributed by atoms with van der Waals surface area (Å²) in [5, 5.41) is 1.57. The average molecular weight is 300 g/mol. The van der Waals surface area contributed by atoms with Crippen molar-refractivity contribution in [3.05, 3.63) is 46.3 Å². The Morgan fingerprint density at radius 3 is 2.45 bits per heavy atom. The SMILES string of the molecule is C=C(C)N=C(/C=c1\[nH]/c(=C/C)c(C(=O)OC)c1C)C(=C)CC. The van der Waals surface area contributed by atoms with E-state index in [0.29, 0.717) is 11.3 Å². The first kappa shape index (κ1) is 17.7. The number of rotatable bonds is 5. The molecule has 1 heterocycles. The second kappa shape index (κ2) is 7.59. The molecule has 0 aromatic carbocycles. The van der Waals surface area contributed by atoms with Gasteiger partial charge in [0.1, 0.15) is 0 Å². The van der Waals surface area contributed by atoms with E-state index in [1.165, 1.54) is 7.11 Å². The van der Waals surface area contributed by atoms with Crippen molar-refractivity contribution >= 4 is 23.8 Å². The smallest absolute Gasteiger partial charge is 0.340 e. The lowest BCUT2D eigenvalue weighted by atomic mass is 10.1. The molecule has 0 atom stereocenters. The van der Waals surface area contributed by atoms with E-state index in [9.17, 15) is 4.79 Å². The number of hydrogen-bond donors (Lipinski definition) is 1. The van der Waals surface area contributed by atoms with Crippen LogP contribution in [0.2, 0.25) is 0 Å². The van der Waals surface area contributed by atoms with Gasteiger partial charge in [-0.2, -0.15) is 0 Å². The van der Waals surface area contributed by atoms with Crippen molar-refractivity contribution < 1.29 is 9.53 Å².